The van der Waals surface area contributed by atoms with Gasteiger partial charge in [-0.2, -0.15) is 0 Å². The minimum Gasteiger partial charge on any atom is -0.419 e. The van der Waals surface area contributed by atoms with Crippen LogP contribution < -0.4 is 0 Å². The molecule has 0 spiro atoms. The van der Waals surface area contributed by atoms with Gasteiger partial charge in [-0.15, -0.1) is 10.2 Å². The Bertz CT molecular complexity index is 1070. The molecule has 0 N–H and O–H groups in total. The van der Waals surface area contributed by atoms with Crippen LogP contribution in [0.2, 0.25) is 0 Å². The smallest absolute Gasteiger partial charge is 0.267 e. The van der Waals surface area contributed by atoms with Gasteiger partial charge in [0.25, 0.3) is 5.89 Å². The third-order valence-corrected chi connectivity index (χ3v) is 5.29. The number of nitrogens with zero attached hydrogens (tertiary/aromatic N) is 6. The molecule has 7 heteroatoms. The fraction of sp³-hybridized carbons (Fsp3) is 0.286. The number of aromatic nitrogens is 5. The monoisotopic (exact) mass is 372 g/mol. The van der Waals surface area contributed by atoms with E-state index in [0.717, 1.165) is 38.0 Å². The Morgan fingerprint density at radius 3 is 2.71 bits per heavy atom. The van der Waals surface area contributed by atoms with E-state index >= 15 is 0 Å². The first-order valence-corrected chi connectivity index (χ1v) is 9.51. The molecule has 4 aromatic rings. The number of hydrogen-bond donors (Lipinski definition) is 0. The van der Waals surface area contributed by atoms with Gasteiger partial charge in [-0.25, -0.2) is 4.98 Å². The molecule has 140 valence electrons. The minimum absolute atomic E-state index is 0.295. The summed E-state index contributed by atoms with van der Waals surface area (Å²) in [6.45, 7) is 2.94. The SMILES string of the molecule is c1ccc2c(CN3CCC(c4nnc(-c5cnccn5)o4)CC3)ccnc2c1. The molecule has 5 rings (SSSR count). The zero-order valence-electron chi connectivity index (χ0n) is 15.4. The highest BCUT2D eigenvalue weighted by Gasteiger charge is 2.25. The van der Waals surface area contributed by atoms with Crippen molar-refractivity contribution in [3.05, 3.63) is 66.6 Å². The molecule has 7 nitrogen and oxygen atoms in total. The maximum Gasteiger partial charge on any atom is 0.267 e. The van der Waals surface area contributed by atoms with E-state index in [9.17, 15) is 0 Å². The van der Waals surface area contributed by atoms with Crippen LogP contribution in [0.1, 0.15) is 30.2 Å². The van der Waals surface area contributed by atoms with Gasteiger partial charge in [0, 0.05) is 36.4 Å². The summed E-state index contributed by atoms with van der Waals surface area (Å²) in [6.07, 6.45) is 8.80. The molecule has 28 heavy (non-hydrogen) atoms. The topological polar surface area (TPSA) is 80.8 Å². The van der Waals surface area contributed by atoms with E-state index in [1.807, 2.05) is 12.3 Å². The van der Waals surface area contributed by atoms with Crippen molar-refractivity contribution in [3.8, 4) is 11.6 Å². The lowest BCUT2D eigenvalue weighted by Crippen LogP contribution is -2.32. The van der Waals surface area contributed by atoms with Crippen LogP contribution in [0.25, 0.3) is 22.5 Å². The molecule has 1 saturated heterocycles. The first-order chi connectivity index (χ1) is 13.9. The number of piperidine rings is 1. The van der Waals surface area contributed by atoms with Crippen LogP contribution in [-0.4, -0.2) is 43.1 Å². The van der Waals surface area contributed by atoms with Crippen LogP contribution in [0.4, 0.5) is 0 Å². The van der Waals surface area contributed by atoms with E-state index in [-0.39, 0.29) is 0 Å². The van der Waals surface area contributed by atoms with Gasteiger partial charge in [0.2, 0.25) is 5.89 Å². The summed E-state index contributed by atoms with van der Waals surface area (Å²) in [5.74, 6) is 1.44. The number of likely N-dealkylation sites (tertiary alicyclic amines) is 1. The number of hydrogen-bond acceptors (Lipinski definition) is 7. The first-order valence-electron chi connectivity index (χ1n) is 9.51. The summed E-state index contributed by atoms with van der Waals surface area (Å²) in [5, 5.41) is 9.63. The molecule has 1 aliphatic rings. The molecule has 0 atom stereocenters. The van der Waals surface area contributed by atoms with Gasteiger partial charge in [0.15, 0.2) is 0 Å². The van der Waals surface area contributed by atoms with Crippen LogP contribution >= 0.6 is 0 Å². The summed E-state index contributed by atoms with van der Waals surface area (Å²) in [7, 11) is 0. The maximum absolute atomic E-state index is 5.87. The van der Waals surface area contributed by atoms with E-state index in [4.69, 9.17) is 4.42 Å². The van der Waals surface area contributed by atoms with Gasteiger partial charge in [0.05, 0.1) is 11.7 Å². The van der Waals surface area contributed by atoms with Crippen molar-refractivity contribution in [2.24, 2.45) is 0 Å². The molecular weight excluding hydrogens is 352 g/mol. The number of para-hydroxylation sites is 1. The predicted molar refractivity (Wildman–Crippen MR) is 104 cm³/mol. The zero-order chi connectivity index (χ0) is 18.8. The highest BCUT2D eigenvalue weighted by atomic mass is 16.4. The molecule has 1 aromatic carbocycles. The fourth-order valence-electron chi connectivity index (χ4n) is 3.78. The lowest BCUT2D eigenvalue weighted by Gasteiger charge is -2.30. The summed E-state index contributed by atoms with van der Waals surface area (Å²) in [4.78, 5) is 15.2. The van der Waals surface area contributed by atoms with Crippen molar-refractivity contribution in [3.63, 3.8) is 0 Å². The Labute approximate surface area is 162 Å². The average Bonchev–Trinajstić information content (AvgIpc) is 3.26. The molecular formula is C21H20N6O. The van der Waals surface area contributed by atoms with Crippen molar-refractivity contribution in [2.45, 2.75) is 25.3 Å². The van der Waals surface area contributed by atoms with Crippen molar-refractivity contribution >= 4 is 10.9 Å². The van der Waals surface area contributed by atoms with Crippen LogP contribution in [0, 0.1) is 0 Å². The minimum atomic E-state index is 0.295. The molecule has 0 saturated carbocycles. The highest BCUT2D eigenvalue weighted by molar-refractivity contribution is 5.81. The highest BCUT2D eigenvalue weighted by Crippen LogP contribution is 2.30. The molecule has 0 bridgehead atoms. The third-order valence-electron chi connectivity index (χ3n) is 5.29. The number of benzene rings is 1. The van der Waals surface area contributed by atoms with Crippen molar-refractivity contribution in [1.29, 1.82) is 0 Å². The molecule has 0 radical (unpaired) electrons. The fourth-order valence-corrected chi connectivity index (χ4v) is 3.78. The van der Waals surface area contributed by atoms with E-state index < -0.39 is 0 Å². The summed E-state index contributed by atoms with van der Waals surface area (Å²) < 4.78 is 5.87. The molecule has 0 amide bonds. The van der Waals surface area contributed by atoms with E-state index in [0.29, 0.717) is 23.4 Å². The number of pyridine rings is 1. The van der Waals surface area contributed by atoms with Gasteiger partial charge in [-0.3, -0.25) is 14.9 Å². The quantitative estimate of drug-likeness (QED) is 0.543. The summed E-state index contributed by atoms with van der Waals surface area (Å²) in [5.41, 5.74) is 2.99. The van der Waals surface area contributed by atoms with Crippen molar-refractivity contribution < 1.29 is 4.42 Å². The Balaban J connectivity index is 1.25. The second-order valence-corrected chi connectivity index (χ2v) is 7.07. The Hall–Kier alpha value is -3.19. The molecule has 1 aliphatic heterocycles. The molecule has 3 aromatic heterocycles. The van der Waals surface area contributed by atoms with Crippen LogP contribution in [-0.2, 0) is 6.54 Å². The van der Waals surface area contributed by atoms with E-state index in [1.165, 1.54) is 10.9 Å². The van der Waals surface area contributed by atoms with Crippen molar-refractivity contribution in [1.82, 2.24) is 30.0 Å². The second kappa shape index (κ2) is 7.44. The summed E-state index contributed by atoms with van der Waals surface area (Å²) in [6, 6.07) is 10.4. The average molecular weight is 372 g/mol. The van der Waals surface area contributed by atoms with Gasteiger partial charge in [0.1, 0.15) is 5.69 Å². The largest absolute Gasteiger partial charge is 0.419 e. The lowest BCUT2D eigenvalue weighted by atomic mass is 9.96. The van der Waals surface area contributed by atoms with Gasteiger partial charge < -0.3 is 4.42 Å². The van der Waals surface area contributed by atoms with Gasteiger partial charge in [-0.05, 0) is 43.6 Å². The standard InChI is InChI=1S/C21H20N6O/c1-2-4-18-17(3-1)16(5-8-23-18)14-27-11-6-15(7-12-27)20-25-26-21(28-20)19-13-22-9-10-24-19/h1-5,8-10,13,15H,6-7,11-12,14H2. The Morgan fingerprint density at radius 2 is 1.86 bits per heavy atom. The molecule has 4 heterocycles. The molecule has 0 unspecified atom stereocenters. The van der Waals surface area contributed by atoms with E-state index in [1.54, 1.807) is 18.6 Å². The first kappa shape index (κ1) is 16.9. The van der Waals surface area contributed by atoms with Crippen LogP contribution in [0.15, 0.2) is 59.5 Å². The maximum atomic E-state index is 5.87. The van der Waals surface area contributed by atoms with Gasteiger partial charge in [-0.1, -0.05) is 18.2 Å². The number of fused-ring (bicyclic) bond motifs is 1. The van der Waals surface area contributed by atoms with Crippen molar-refractivity contribution in [2.75, 3.05) is 13.1 Å². The molecule has 0 aliphatic carbocycles. The predicted octanol–water partition coefficient (Wildman–Crippen LogP) is 3.45. The Morgan fingerprint density at radius 1 is 0.964 bits per heavy atom. The molecule has 1 fully saturated rings. The second-order valence-electron chi connectivity index (χ2n) is 7.07. The zero-order valence-corrected chi connectivity index (χ0v) is 15.4. The third kappa shape index (κ3) is 3.36. The van der Waals surface area contributed by atoms with Crippen LogP contribution in [0.3, 0.4) is 0 Å². The van der Waals surface area contributed by atoms with Gasteiger partial charge >= 0.3 is 0 Å². The Kier molecular flexibility index (Phi) is 4.50. The van der Waals surface area contributed by atoms with E-state index in [2.05, 4.69) is 54.3 Å². The lowest BCUT2D eigenvalue weighted by molar-refractivity contribution is 0.194. The number of rotatable bonds is 4. The van der Waals surface area contributed by atoms with Crippen LogP contribution in [0.5, 0.6) is 0 Å². The normalized spacial score (nSPS) is 15.9. The summed E-state index contributed by atoms with van der Waals surface area (Å²) >= 11 is 0.